The molecule has 0 spiro atoms. The Balaban J connectivity index is 1.56. The molecule has 0 radical (unpaired) electrons. The maximum Gasteiger partial charge on any atom is 0.196 e. The van der Waals surface area contributed by atoms with Gasteiger partial charge in [0.25, 0.3) is 0 Å². The number of aryl methyl sites for hydroxylation is 1. The van der Waals surface area contributed by atoms with E-state index >= 15 is 0 Å². The maximum absolute atomic E-state index is 6.06. The van der Waals surface area contributed by atoms with Crippen molar-refractivity contribution in [3.8, 4) is 28.6 Å². The Morgan fingerprint density at radius 3 is 2.23 bits per heavy atom. The van der Waals surface area contributed by atoms with Gasteiger partial charge in [-0.2, -0.15) is 0 Å². The van der Waals surface area contributed by atoms with E-state index in [9.17, 15) is 0 Å². The summed E-state index contributed by atoms with van der Waals surface area (Å²) in [6.45, 7) is 2.63. The van der Waals surface area contributed by atoms with Crippen LogP contribution in [-0.4, -0.2) is 34.2 Å². The molecule has 31 heavy (non-hydrogen) atoms. The molecule has 0 atom stereocenters. The van der Waals surface area contributed by atoms with E-state index in [2.05, 4.69) is 17.1 Å². The van der Waals surface area contributed by atoms with Crippen molar-refractivity contribution in [3.63, 3.8) is 0 Å². The van der Waals surface area contributed by atoms with Crippen LogP contribution < -0.4 is 9.47 Å². The Bertz CT molecular complexity index is 1130. The van der Waals surface area contributed by atoms with Crippen molar-refractivity contribution in [1.29, 1.82) is 0 Å². The van der Waals surface area contributed by atoms with Crippen LogP contribution in [-0.2, 0) is 0 Å². The second-order valence-corrected chi connectivity index (χ2v) is 8.35. The van der Waals surface area contributed by atoms with Crippen LogP contribution in [0.4, 0.5) is 0 Å². The lowest BCUT2D eigenvalue weighted by molar-refractivity contribution is 0.344. The molecule has 0 aliphatic rings. The molecule has 0 bridgehead atoms. The molecular weight excluding hydrogens is 430 g/mol. The normalized spacial score (nSPS) is 10.8. The van der Waals surface area contributed by atoms with Crippen molar-refractivity contribution < 1.29 is 9.47 Å². The number of nitrogens with zero attached hydrogens (tertiary/aromatic N) is 3. The summed E-state index contributed by atoms with van der Waals surface area (Å²) in [5.41, 5.74) is 3.11. The van der Waals surface area contributed by atoms with Gasteiger partial charge in [0.15, 0.2) is 11.0 Å². The molecule has 0 N–H and O–H groups in total. The molecule has 0 aliphatic heterocycles. The van der Waals surface area contributed by atoms with Crippen LogP contribution in [0.5, 0.6) is 11.5 Å². The molecule has 4 aromatic rings. The van der Waals surface area contributed by atoms with E-state index in [-0.39, 0.29) is 0 Å². The van der Waals surface area contributed by atoms with Crippen LogP contribution in [0.15, 0.2) is 78.0 Å². The molecule has 0 aliphatic carbocycles. The average Bonchev–Trinajstić information content (AvgIpc) is 3.22. The summed E-state index contributed by atoms with van der Waals surface area (Å²) in [7, 11) is 1.66. The SMILES string of the molecule is COc1ccc(-n2c(SCCOc3ccc(C)cc3)nnc2-c2ccc(Cl)cc2)cc1. The number of aromatic nitrogens is 3. The van der Waals surface area contributed by atoms with Gasteiger partial charge in [-0.3, -0.25) is 4.57 Å². The first-order valence-electron chi connectivity index (χ1n) is 9.82. The van der Waals surface area contributed by atoms with E-state index in [0.29, 0.717) is 11.6 Å². The lowest BCUT2D eigenvalue weighted by Crippen LogP contribution is -2.03. The number of benzene rings is 3. The van der Waals surface area contributed by atoms with Gasteiger partial charge >= 0.3 is 0 Å². The number of hydrogen-bond donors (Lipinski definition) is 0. The maximum atomic E-state index is 6.06. The molecule has 0 saturated heterocycles. The number of hydrogen-bond acceptors (Lipinski definition) is 5. The fourth-order valence-electron chi connectivity index (χ4n) is 3.04. The Hall–Kier alpha value is -2.96. The summed E-state index contributed by atoms with van der Waals surface area (Å²) < 4.78 is 13.2. The summed E-state index contributed by atoms with van der Waals surface area (Å²) in [5.74, 6) is 3.15. The van der Waals surface area contributed by atoms with Crippen molar-refractivity contribution in [1.82, 2.24) is 14.8 Å². The first kappa shape index (κ1) is 21.3. The van der Waals surface area contributed by atoms with E-state index in [1.165, 1.54) is 5.56 Å². The predicted octanol–water partition coefficient (Wildman–Crippen LogP) is 6.08. The van der Waals surface area contributed by atoms with Crippen LogP contribution in [0.25, 0.3) is 17.1 Å². The van der Waals surface area contributed by atoms with E-state index in [1.54, 1.807) is 18.9 Å². The fourth-order valence-corrected chi connectivity index (χ4v) is 3.94. The van der Waals surface area contributed by atoms with Crippen LogP contribution >= 0.6 is 23.4 Å². The monoisotopic (exact) mass is 451 g/mol. The Morgan fingerprint density at radius 2 is 1.55 bits per heavy atom. The third-order valence-corrected chi connectivity index (χ3v) is 5.82. The Kier molecular flexibility index (Phi) is 6.79. The Labute approximate surface area is 191 Å². The van der Waals surface area contributed by atoms with Crippen molar-refractivity contribution >= 4 is 23.4 Å². The molecule has 0 unspecified atom stereocenters. The molecule has 5 nitrogen and oxygen atoms in total. The quantitative estimate of drug-likeness (QED) is 0.240. The second-order valence-electron chi connectivity index (χ2n) is 6.86. The summed E-state index contributed by atoms with van der Waals surface area (Å²) in [6.07, 6.45) is 0. The number of ether oxygens (including phenoxy) is 2. The van der Waals surface area contributed by atoms with Gasteiger partial charge in [0.05, 0.1) is 13.7 Å². The van der Waals surface area contributed by atoms with Gasteiger partial charge < -0.3 is 9.47 Å². The van der Waals surface area contributed by atoms with Crippen LogP contribution in [0.2, 0.25) is 5.02 Å². The molecule has 1 aromatic heterocycles. The first-order chi connectivity index (χ1) is 15.1. The average molecular weight is 452 g/mol. The minimum atomic E-state index is 0.569. The molecule has 0 fully saturated rings. The topological polar surface area (TPSA) is 49.2 Å². The van der Waals surface area contributed by atoms with Gasteiger partial charge in [-0.25, -0.2) is 0 Å². The summed E-state index contributed by atoms with van der Waals surface area (Å²) in [4.78, 5) is 0. The highest BCUT2D eigenvalue weighted by molar-refractivity contribution is 7.99. The number of thioether (sulfide) groups is 1. The van der Waals surface area contributed by atoms with E-state index in [4.69, 9.17) is 21.1 Å². The predicted molar refractivity (Wildman–Crippen MR) is 126 cm³/mol. The highest BCUT2D eigenvalue weighted by Crippen LogP contribution is 2.29. The summed E-state index contributed by atoms with van der Waals surface area (Å²) in [5, 5.41) is 10.4. The third kappa shape index (κ3) is 5.21. The number of rotatable bonds is 8. The molecule has 3 aromatic carbocycles. The smallest absolute Gasteiger partial charge is 0.196 e. The molecular formula is C24H22ClN3O2S. The minimum Gasteiger partial charge on any atom is -0.497 e. The Morgan fingerprint density at radius 1 is 0.871 bits per heavy atom. The van der Waals surface area contributed by atoms with Gasteiger partial charge in [0.2, 0.25) is 0 Å². The van der Waals surface area contributed by atoms with E-state index in [1.807, 2.05) is 77.4 Å². The molecule has 7 heteroatoms. The first-order valence-corrected chi connectivity index (χ1v) is 11.2. The number of methoxy groups -OCH3 is 1. The van der Waals surface area contributed by atoms with Gasteiger partial charge in [-0.1, -0.05) is 41.1 Å². The molecule has 0 amide bonds. The van der Waals surface area contributed by atoms with E-state index in [0.717, 1.165) is 39.5 Å². The second kappa shape index (κ2) is 9.90. The molecule has 158 valence electrons. The zero-order chi connectivity index (χ0) is 21.6. The van der Waals surface area contributed by atoms with Crippen molar-refractivity contribution in [3.05, 3.63) is 83.4 Å². The fraction of sp³-hybridized carbons (Fsp3) is 0.167. The van der Waals surface area contributed by atoms with Crippen molar-refractivity contribution in [2.24, 2.45) is 0 Å². The van der Waals surface area contributed by atoms with Gasteiger partial charge in [-0.15, -0.1) is 10.2 Å². The van der Waals surface area contributed by atoms with Gasteiger partial charge in [0, 0.05) is 22.0 Å². The third-order valence-electron chi connectivity index (χ3n) is 4.67. The van der Waals surface area contributed by atoms with Gasteiger partial charge in [-0.05, 0) is 67.6 Å². The van der Waals surface area contributed by atoms with Gasteiger partial charge in [0.1, 0.15) is 11.5 Å². The minimum absolute atomic E-state index is 0.569. The van der Waals surface area contributed by atoms with Crippen molar-refractivity contribution in [2.75, 3.05) is 19.5 Å². The highest BCUT2D eigenvalue weighted by atomic mass is 35.5. The van der Waals surface area contributed by atoms with E-state index < -0.39 is 0 Å². The van der Waals surface area contributed by atoms with Crippen LogP contribution in [0.3, 0.4) is 0 Å². The summed E-state index contributed by atoms with van der Waals surface area (Å²) in [6, 6.07) is 23.5. The standard InChI is InChI=1S/C24H22ClN3O2S/c1-17-3-11-22(12-4-17)30-15-16-31-24-27-26-23(18-5-7-19(25)8-6-18)28(24)20-9-13-21(29-2)14-10-20/h3-14H,15-16H2,1-2H3. The lowest BCUT2D eigenvalue weighted by atomic mass is 10.2. The summed E-state index contributed by atoms with van der Waals surface area (Å²) >= 11 is 7.66. The van der Waals surface area contributed by atoms with Crippen LogP contribution in [0, 0.1) is 6.92 Å². The van der Waals surface area contributed by atoms with Crippen molar-refractivity contribution in [2.45, 2.75) is 12.1 Å². The zero-order valence-electron chi connectivity index (χ0n) is 17.3. The number of halogens is 1. The molecule has 4 rings (SSSR count). The molecule has 1 heterocycles. The molecule has 0 saturated carbocycles. The highest BCUT2D eigenvalue weighted by Gasteiger charge is 2.16. The zero-order valence-corrected chi connectivity index (χ0v) is 18.9. The lowest BCUT2D eigenvalue weighted by Gasteiger charge is -2.11. The van der Waals surface area contributed by atoms with Crippen LogP contribution in [0.1, 0.15) is 5.56 Å². The largest absolute Gasteiger partial charge is 0.497 e.